The van der Waals surface area contributed by atoms with Gasteiger partial charge in [0.05, 0.1) is 16.2 Å². The van der Waals surface area contributed by atoms with Crippen LogP contribution < -0.4 is 10.0 Å². The Bertz CT molecular complexity index is 1270. The first-order valence-corrected chi connectivity index (χ1v) is 10.7. The fourth-order valence-electron chi connectivity index (χ4n) is 3.28. The lowest BCUT2D eigenvalue weighted by atomic mass is 10.1. The molecule has 0 fully saturated rings. The first kappa shape index (κ1) is 22.1. The highest BCUT2D eigenvalue weighted by Crippen LogP contribution is 2.40. The molecule has 1 aliphatic heterocycles. The van der Waals surface area contributed by atoms with E-state index in [0.29, 0.717) is 6.20 Å². The molecule has 4 rings (SSSR count). The summed E-state index contributed by atoms with van der Waals surface area (Å²) in [5.41, 5.74) is -0.457. The third-order valence-electron chi connectivity index (χ3n) is 4.97. The number of hydrogen-bond donors (Lipinski definition) is 2. The smallest absolute Gasteiger partial charge is 0.340 e. The standard InChI is InChI=1S/C19H16F5N5O2S/c1-25-32(30,31)12-3-4-14(27-16-5-2-11(9-26-16)19(22,23)24)13(8-12)15-10-29-7-6-18(20,21)17(29)28-15/h2-5,8-10,25H,6-7H2,1H3,(H,26,27). The average molecular weight is 473 g/mol. The molecule has 2 aromatic heterocycles. The lowest BCUT2D eigenvalue weighted by Crippen LogP contribution is -2.18. The van der Waals surface area contributed by atoms with Gasteiger partial charge in [-0.2, -0.15) is 22.0 Å². The molecular formula is C19H16F5N5O2S. The second-order valence-corrected chi connectivity index (χ2v) is 8.95. The first-order chi connectivity index (χ1) is 14.9. The molecule has 0 aliphatic carbocycles. The Morgan fingerprint density at radius 1 is 1.16 bits per heavy atom. The second kappa shape index (κ2) is 7.52. The molecule has 0 unspecified atom stereocenters. The second-order valence-electron chi connectivity index (χ2n) is 7.07. The Morgan fingerprint density at radius 3 is 2.50 bits per heavy atom. The number of benzene rings is 1. The molecule has 0 spiro atoms. The molecule has 2 N–H and O–H groups in total. The number of rotatable bonds is 5. The number of aryl methyl sites for hydroxylation is 1. The third kappa shape index (κ3) is 4.05. The van der Waals surface area contributed by atoms with Gasteiger partial charge in [-0.1, -0.05) is 0 Å². The molecule has 3 aromatic rings. The summed E-state index contributed by atoms with van der Waals surface area (Å²) in [7, 11) is -2.64. The van der Waals surface area contributed by atoms with E-state index in [1.807, 2.05) is 0 Å². The van der Waals surface area contributed by atoms with E-state index in [1.54, 1.807) is 0 Å². The number of halogens is 5. The zero-order valence-corrected chi connectivity index (χ0v) is 17.2. The van der Waals surface area contributed by atoms with Gasteiger partial charge in [0.25, 0.3) is 0 Å². The number of pyridine rings is 1. The number of fused-ring (bicyclic) bond motifs is 1. The van der Waals surface area contributed by atoms with Gasteiger partial charge in [-0.25, -0.2) is 23.1 Å². The quantitative estimate of drug-likeness (QED) is 0.545. The monoisotopic (exact) mass is 473 g/mol. The molecule has 3 heterocycles. The van der Waals surface area contributed by atoms with Gasteiger partial charge in [-0.3, -0.25) is 0 Å². The normalized spacial score (nSPS) is 15.6. The van der Waals surface area contributed by atoms with E-state index >= 15 is 0 Å². The molecule has 170 valence electrons. The van der Waals surface area contributed by atoms with Gasteiger partial charge in [0.1, 0.15) is 5.82 Å². The van der Waals surface area contributed by atoms with Crippen LogP contribution in [0.2, 0.25) is 0 Å². The van der Waals surface area contributed by atoms with Crippen molar-refractivity contribution in [1.82, 2.24) is 19.3 Å². The molecule has 0 saturated heterocycles. The number of imidazole rings is 1. The van der Waals surface area contributed by atoms with Crippen molar-refractivity contribution in [2.45, 2.75) is 30.0 Å². The van der Waals surface area contributed by atoms with Crippen molar-refractivity contribution in [3.8, 4) is 11.3 Å². The van der Waals surface area contributed by atoms with Gasteiger partial charge in [0, 0.05) is 36.6 Å². The Kier molecular flexibility index (Phi) is 5.20. The van der Waals surface area contributed by atoms with Crippen molar-refractivity contribution in [2.75, 3.05) is 12.4 Å². The Hall–Kier alpha value is -3.06. The third-order valence-corrected chi connectivity index (χ3v) is 6.38. The predicted octanol–water partition coefficient (Wildman–Crippen LogP) is 4.11. The number of sulfonamides is 1. The van der Waals surface area contributed by atoms with E-state index in [0.717, 1.165) is 12.1 Å². The SMILES string of the molecule is CNS(=O)(=O)c1ccc(Nc2ccc(C(F)(F)F)cn2)c(-c2cn3c(n2)C(F)(F)CC3)c1. The molecule has 32 heavy (non-hydrogen) atoms. The summed E-state index contributed by atoms with van der Waals surface area (Å²) in [5.74, 6) is -3.51. The van der Waals surface area contributed by atoms with Crippen molar-refractivity contribution in [3.05, 3.63) is 54.1 Å². The Labute approximate surface area is 179 Å². The molecule has 0 atom stereocenters. The maximum Gasteiger partial charge on any atom is 0.417 e. The van der Waals surface area contributed by atoms with Crippen LogP contribution >= 0.6 is 0 Å². The van der Waals surface area contributed by atoms with Crippen molar-refractivity contribution >= 4 is 21.5 Å². The summed E-state index contributed by atoms with van der Waals surface area (Å²) in [6.45, 7) is 0.0487. The minimum absolute atomic E-state index is 0.0422. The summed E-state index contributed by atoms with van der Waals surface area (Å²) >= 11 is 0. The van der Waals surface area contributed by atoms with Crippen molar-refractivity contribution in [3.63, 3.8) is 0 Å². The molecule has 0 bridgehead atoms. The van der Waals surface area contributed by atoms with Gasteiger partial charge in [-0.05, 0) is 37.4 Å². The minimum atomic E-state index is -4.55. The van der Waals surface area contributed by atoms with Crippen molar-refractivity contribution in [2.24, 2.45) is 0 Å². The van der Waals surface area contributed by atoms with Crippen LogP contribution in [-0.4, -0.2) is 30.0 Å². The topological polar surface area (TPSA) is 88.9 Å². The zero-order chi connectivity index (χ0) is 23.3. The Morgan fingerprint density at radius 2 is 1.91 bits per heavy atom. The minimum Gasteiger partial charge on any atom is -0.340 e. The molecule has 0 amide bonds. The van der Waals surface area contributed by atoms with Crippen molar-refractivity contribution < 1.29 is 30.4 Å². The summed E-state index contributed by atoms with van der Waals surface area (Å²) in [6, 6.07) is 5.81. The number of nitrogens with one attached hydrogen (secondary N) is 2. The van der Waals surface area contributed by atoms with Crippen LogP contribution in [0.4, 0.5) is 33.5 Å². The van der Waals surface area contributed by atoms with Gasteiger partial charge < -0.3 is 9.88 Å². The largest absolute Gasteiger partial charge is 0.417 e. The number of alkyl halides is 5. The number of nitrogens with zero attached hydrogens (tertiary/aromatic N) is 3. The van der Waals surface area contributed by atoms with Gasteiger partial charge in [0.15, 0.2) is 5.82 Å². The van der Waals surface area contributed by atoms with Crippen molar-refractivity contribution in [1.29, 1.82) is 0 Å². The molecule has 0 radical (unpaired) electrons. The molecule has 0 saturated carbocycles. The molecule has 1 aliphatic rings. The lowest BCUT2D eigenvalue weighted by molar-refractivity contribution is -0.137. The summed E-state index contributed by atoms with van der Waals surface area (Å²) in [5, 5.41) is 2.80. The molecule has 1 aromatic carbocycles. The van der Waals surface area contributed by atoms with Crippen LogP contribution in [0.5, 0.6) is 0 Å². The fraction of sp³-hybridized carbons (Fsp3) is 0.263. The number of hydrogen-bond acceptors (Lipinski definition) is 5. The highest BCUT2D eigenvalue weighted by molar-refractivity contribution is 7.89. The van der Waals surface area contributed by atoms with Gasteiger partial charge in [-0.15, -0.1) is 0 Å². The van der Waals surface area contributed by atoms with Crippen LogP contribution in [0, 0.1) is 0 Å². The van der Waals surface area contributed by atoms with Gasteiger partial charge in [0.2, 0.25) is 10.0 Å². The number of anilines is 2. The fourth-order valence-corrected chi connectivity index (χ4v) is 4.04. The molecule has 13 heteroatoms. The van der Waals surface area contributed by atoms with Crippen LogP contribution in [0.25, 0.3) is 11.3 Å². The molecule has 7 nitrogen and oxygen atoms in total. The number of aromatic nitrogens is 3. The van der Waals surface area contributed by atoms with E-state index in [1.165, 1.54) is 36.0 Å². The highest BCUT2D eigenvalue weighted by Gasteiger charge is 2.42. The first-order valence-electron chi connectivity index (χ1n) is 9.24. The van der Waals surface area contributed by atoms with Crippen LogP contribution in [-0.2, 0) is 28.7 Å². The van der Waals surface area contributed by atoms with Gasteiger partial charge >= 0.3 is 12.1 Å². The zero-order valence-electron chi connectivity index (χ0n) is 16.4. The van der Waals surface area contributed by atoms with Crippen LogP contribution in [0.3, 0.4) is 0 Å². The van der Waals surface area contributed by atoms with E-state index in [4.69, 9.17) is 0 Å². The average Bonchev–Trinajstić information content (AvgIpc) is 3.28. The summed E-state index contributed by atoms with van der Waals surface area (Å²) < 4.78 is 94.3. The Balaban J connectivity index is 1.78. The predicted molar refractivity (Wildman–Crippen MR) is 105 cm³/mol. The highest BCUT2D eigenvalue weighted by atomic mass is 32.2. The van der Waals surface area contributed by atoms with E-state index in [-0.39, 0.29) is 40.6 Å². The molecular weight excluding hydrogens is 457 g/mol. The van der Waals surface area contributed by atoms with E-state index in [9.17, 15) is 30.4 Å². The van der Waals surface area contributed by atoms with E-state index in [2.05, 4.69) is 20.0 Å². The summed E-state index contributed by atoms with van der Waals surface area (Å²) in [6.07, 6.45) is -2.91. The maximum atomic E-state index is 14.1. The summed E-state index contributed by atoms with van der Waals surface area (Å²) in [4.78, 5) is 7.59. The maximum absolute atomic E-state index is 14.1. The van der Waals surface area contributed by atoms with E-state index < -0.39 is 33.5 Å². The lowest BCUT2D eigenvalue weighted by Gasteiger charge is -2.13. The van der Waals surface area contributed by atoms with Crippen LogP contribution in [0.1, 0.15) is 17.8 Å². The van der Waals surface area contributed by atoms with Crippen LogP contribution in [0.15, 0.2) is 47.6 Å².